The molecule has 0 saturated carbocycles. The van der Waals surface area contributed by atoms with E-state index >= 15 is 0 Å². The summed E-state index contributed by atoms with van der Waals surface area (Å²) in [4.78, 5) is 20.1. The van der Waals surface area contributed by atoms with Crippen LogP contribution >= 0.6 is 0 Å². The SMILES string of the molecule is O=C(c1cc(C(F)(F)F)cc(C(F)(F)F)c1)N1CCC(N2CCN(C3CCNCC3)CC2)CC1Cc1ccccc1. The first kappa shape index (κ1) is 29.8. The number of benzene rings is 2. The minimum Gasteiger partial charge on any atom is -0.335 e. The lowest BCUT2D eigenvalue weighted by Gasteiger charge is -2.47. The maximum atomic E-state index is 13.6. The van der Waals surface area contributed by atoms with Crippen LogP contribution < -0.4 is 5.32 Å². The summed E-state index contributed by atoms with van der Waals surface area (Å²) in [6, 6.07) is 11.1. The molecular weight excluding hydrogens is 546 g/mol. The van der Waals surface area contributed by atoms with Gasteiger partial charge in [0.15, 0.2) is 0 Å². The molecule has 2 aromatic rings. The zero-order valence-corrected chi connectivity index (χ0v) is 22.9. The third-order valence-corrected chi connectivity index (χ3v) is 8.79. The molecule has 3 heterocycles. The molecule has 1 N–H and O–H groups in total. The number of likely N-dealkylation sites (tertiary alicyclic amines) is 1. The Morgan fingerprint density at radius 1 is 0.756 bits per heavy atom. The van der Waals surface area contributed by atoms with Gasteiger partial charge in [0.25, 0.3) is 5.91 Å². The highest BCUT2D eigenvalue weighted by Crippen LogP contribution is 2.37. The van der Waals surface area contributed by atoms with E-state index in [2.05, 4.69) is 15.1 Å². The second kappa shape index (κ2) is 12.3. The summed E-state index contributed by atoms with van der Waals surface area (Å²) < 4.78 is 81.0. The molecule has 5 nitrogen and oxygen atoms in total. The summed E-state index contributed by atoms with van der Waals surface area (Å²) in [6.07, 6.45) is -6.03. The van der Waals surface area contributed by atoms with E-state index in [0.717, 1.165) is 57.7 Å². The number of alkyl halides is 6. The minimum absolute atomic E-state index is 0.0634. The predicted octanol–water partition coefficient (Wildman–Crippen LogP) is 5.31. The summed E-state index contributed by atoms with van der Waals surface area (Å²) in [5.74, 6) is -0.795. The molecular formula is C30H36F6N4O. The molecule has 224 valence electrons. The molecule has 2 atom stereocenters. The zero-order chi connectivity index (χ0) is 29.2. The molecule has 3 aliphatic heterocycles. The fraction of sp³-hybridized carbons (Fsp3) is 0.567. The Kier molecular flexibility index (Phi) is 8.96. The fourth-order valence-corrected chi connectivity index (χ4v) is 6.59. The van der Waals surface area contributed by atoms with Crippen molar-refractivity contribution in [2.24, 2.45) is 0 Å². The van der Waals surface area contributed by atoms with E-state index in [1.54, 1.807) is 0 Å². The van der Waals surface area contributed by atoms with Crippen LogP contribution in [-0.4, -0.2) is 84.5 Å². The van der Waals surface area contributed by atoms with Gasteiger partial charge in [0.05, 0.1) is 11.1 Å². The number of hydrogen-bond donors (Lipinski definition) is 1. The number of hydrogen-bond acceptors (Lipinski definition) is 4. The molecule has 11 heteroatoms. The van der Waals surface area contributed by atoms with Crippen molar-refractivity contribution in [3.63, 3.8) is 0 Å². The average molecular weight is 583 g/mol. The van der Waals surface area contributed by atoms with Gasteiger partial charge in [0.1, 0.15) is 0 Å². The van der Waals surface area contributed by atoms with Gasteiger partial charge in [0, 0.05) is 56.4 Å². The van der Waals surface area contributed by atoms with Crippen LogP contribution in [0.15, 0.2) is 48.5 Å². The van der Waals surface area contributed by atoms with Gasteiger partial charge in [-0.05, 0) is 69.0 Å². The highest BCUT2D eigenvalue weighted by molar-refractivity contribution is 5.95. The average Bonchev–Trinajstić information content (AvgIpc) is 2.97. The van der Waals surface area contributed by atoms with Crippen molar-refractivity contribution in [1.29, 1.82) is 0 Å². The molecule has 3 aliphatic rings. The molecule has 3 saturated heterocycles. The van der Waals surface area contributed by atoms with Gasteiger partial charge in [-0.2, -0.15) is 26.3 Å². The Bertz CT molecular complexity index is 1140. The number of amides is 1. The number of piperazine rings is 1. The first-order valence-corrected chi connectivity index (χ1v) is 14.3. The highest BCUT2D eigenvalue weighted by atomic mass is 19.4. The topological polar surface area (TPSA) is 38.8 Å². The summed E-state index contributed by atoms with van der Waals surface area (Å²) in [6.45, 7) is 6.10. The predicted molar refractivity (Wildman–Crippen MR) is 143 cm³/mol. The minimum atomic E-state index is -5.01. The zero-order valence-electron chi connectivity index (χ0n) is 22.9. The van der Waals surface area contributed by atoms with E-state index in [1.807, 2.05) is 30.3 Å². The maximum Gasteiger partial charge on any atom is 0.416 e. The summed E-state index contributed by atoms with van der Waals surface area (Å²) in [5.41, 5.74) is -2.57. The Morgan fingerprint density at radius 2 is 1.32 bits per heavy atom. The van der Waals surface area contributed by atoms with Crippen molar-refractivity contribution in [3.8, 4) is 0 Å². The lowest BCUT2D eigenvalue weighted by atomic mass is 9.90. The largest absolute Gasteiger partial charge is 0.416 e. The summed E-state index contributed by atoms with van der Waals surface area (Å²) in [5, 5.41) is 3.40. The molecule has 0 radical (unpaired) electrons. The lowest BCUT2D eigenvalue weighted by Crippen LogP contribution is -2.58. The molecule has 0 aliphatic carbocycles. The maximum absolute atomic E-state index is 13.6. The van der Waals surface area contributed by atoms with Gasteiger partial charge in [-0.3, -0.25) is 14.6 Å². The van der Waals surface area contributed by atoms with Gasteiger partial charge >= 0.3 is 12.4 Å². The molecule has 41 heavy (non-hydrogen) atoms. The monoisotopic (exact) mass is 582 g/mol. The van der Waals surface area contributed by atoms with Gasteiger partial charge in [0.2, 0.25) is 0 Å². The second-order valence-electron chi connectivity index (χ2n) is 11.4. The van der Waals surface area contributed by atoms with Crippen molar-refractivity contribution >= 4 is 5.91 Å². The van der Waals surface area contributed by atoms with Gasteiger partial charge in [-0.15, -0.1) is 0 Å². The van der Waals surface area contributed by atoms with Gasteiger partial charge in [-0.1, -0.05) is 30.3 Å². The summed E-state index contributed by atoms with van der Waals surface area (Å²) in [7, 11) is 0. The van der Waals surface area contributed by atoms with E-state index in [1.165, 1.54) is 4.90 Å². The molecule has 1 amide bonds. The fourth-order valence-electron chi connectivity index (χ4n) is 6.59. The van der Waals surface area contributed by atoms with Crippen LogP contribution in [0.2, 0.25) is 0 Å². The number of piperidine rings is 2. The van der Waals surface area contributed by atoms with Crippen molar-refractivity contribution in [1.82, 2.24) is 20.0 Å². The smallest absolute Gasteiger partial charge is 0.335 e. The van der Waals surface area contributed by atoms with Gasteiger partial charge in [-0.25, -0.2) is 0 Å². The van der Waals surface area contributed by atoms with E-state index in [4.69, 9.17) is 0 Å². The van der Waals surface area contributed by atoms with E-state index < -0.39 is 35.0 Å². The first-order chi connectivity index (χ1) is 19.5. The number of nitrogens with one attached hydrogen (secondary N) is 1. The molecule has 5 rings (SSSR count). The number of carbonyl (C=O) groups excluding carboxylic acids is 1. The van der Waals surface area contributed by atoms with Crippen molar-refractivity contribution in [3.05, 3.63) is 70.8 Å². The van der Waals surface area contributed by atoms with Gasteiger partial charge < -0.3 is 10.2 Å². The Hall–Kier alpha value is -2.63. The highest BCUT2D eigenvalue weighted by Gasteiger charge is 2.40. The number of carbonyl (C=O) groups is 1. The Labute approximate surface area is 236 Å². The molecule has 2 unspecified atom stereocenters. The Balaban J connectivity index is 1.35. The molecule has 0 spiro atoms. The normalized spacial score (nSPS) is 24.0. The number of nitrogens with zero attached hydrogens (tertiary/aromatic N) is 3. The van der Waals surface area contributed by atoms with Crippen molar-refractivity contribution in [2.45, 2.75) is 62.6 Å². The van der Waals surface area contributed by atoms with Crippen molar-refractivity contribution in [2.75, 3.05) is 45.8 Å². The van der Waals surface area contributed by atoms with Crippen LogP contribution in [0, 0.1) is 0 Å². The Morgan fingerprint density at radius 3 is 1.88 bits per heavy atom. The molecule has 0 bridgehead atoms. The van der Waals surface area contributed by atoms with Crippen LogP contribution in [0.1, 0.15) is 52.7 Å². The molecule has 2 aromatic carbocycles. The molecule has 3 fully saturated rings. The van der Waals surface area contributed by atoms with Crippen molar-refractivity contribution < 1.29 is 31.1 Å². The quantitative estimate of drug-likeness (QED) is 0.486. The van der Waals surface area contributed by atoms with Crippen LogP contribution in [0.4, 0.5) is 26.3 Å². The third kappa shape index (κ3) is 7.24. The van der Waals surface area contributed by atoms with E-state index in [-0.39, 0.29) is 24.7 Å². The number of halogens is 6. The van der Waals surface area contributed by atoms with Crippen LogP contribution in [0.25, 0.3) is 0 Å². The van der Waals surface area contributed by atoms with Crippen LogP contribution in [0.3, 0.4) is 0 Å². The lowest BCUT2D eigenvalue weighted by molar-refractivity contribution is -0.143. The van der Waals surface area contributed by atoms with Crippen LogP contribution in [0.5, 0.6) is 0 Å². The van der Waals surface area contributed by atoms with E-state index in [9.17, 15) is 31.1 Å². The van der Waals surface area contributed by atoms with E-state index in [0.29, 0.717) is 37.4 Å². The third-order valence-electron chi connectivity index (χ3n) is 8.79. The standard InChI is InChI=1S/C30H36F6N4O/c31-29(32,33)23-17-22(18-24(19-23)30(34,35)36)28(41)40-11-8-26(20-27(40)16-21-4-2-1-3-5-21)39-14-12-38(13-15-39)25-6-9-37-10-7-25/h1-5,17-19,25-27,37H,6-16,20H2. The number of rotatable bonds is 5. The first-order valence-electron chi connectivity index (χ1n) is 14.3. The van der Waals surface area contributed by atoms with Crippen LogP contribution in [-0.2, 0) is 18.8 Å². The molecule has 0 aromatic heterocycles. The second-order valence-corrected chi connectivity index (χ2v) is 11.4. The summed E-state index contributed by atoms with van der Waals surface area (Å²) >= 11 is 0.